The van der Waals surface area contributed by atoms with Gasteiger partial charge in [-0.15, -0.1) is 0 Å². The predicted octanol–water partition coefficient (Wildman–Crippen LogP) is 3.71. The molecule has 0 bridgehead atoms. The first-order valence-electron chi connectivity index (χ1n) is 7.26. The summed E-state index contributed by atoms with van der Waals surface area (Å²) in [6, 6.07) is 13.5. The number of aryl methyl sites for hydroxylation is 1. The third-order valence-electron chi connectivity index (χ3n) is 3.41. The van der Waals surface area contributed by atoms with Gasteiger partial charge in [-0.2, -0.15) is 0 Å². The number of aromatic amines is 1. The van der Waals surface area contributed by atoms with Crippen LogP contribution in [-0.2, 0) is 11.2 Å². The minimum atomic E-state index is -0.341. The van der Waals surface area contributed by atoms with Crippen molar-refractivity contribution in [2.45, 2.75) is 13.3 Å². The van der Waals surface area contributed by atoms with E-state index >= 15 is 0 Å². The smallest absolute Gasteiger partial charge is 0.228 e. The van der Waals surface area contributed by atoms with Gasteiger partial charge in [-0.1, -0.05) is 24.3 Å². The van der Waals surface area contributed by atoms with E-state index in [4.69, 9.17) is 0 Å². The summed E-state index contributed by atoms with van der Waals surface area (Å²) in [7, 11) is 0. The molecule has 4 nitrogen and oxygen atoms in total. The number of H-pyrrole nitrogens is 1. The number of imidazole rings is 1. The summed E-state index contributed by atoms with van der Waals surface area (Å²) in [4.78, 5) is 19.4. The Hall–Kier alpha value is -2.95. The van der Waals surface area contributed by atoms with Crippen molar-refractivity contribution in [3.8, 4) is 11.3 Å². The van der Waals surface area contributed by atoms with E-state index in [-0.39, 0.29) is 18.1 Å². The maximum Gasteiger partial charge on any atom is 0.228 e. The second-order valence-corrected chi connectivity index (χ2v) is 5.32. The minimum Gasteiger partial charge on any atom is -0.342 e. The molecular weight excluding hydrogens is 293 g/mol. The van der Waals surface area contributed by atoms with Crippen LogP contribution in [0.2, 0.25) is 0 Å². The van der Waals surface area contributed by atoms with E-state index in [1.165, 1.54) is 12.1 Å². The van der Waals surface area contributed by atoms with Gasteiger partial charge in [0.25, 0.3) is 0 Å². The maximum atomic E-state index is 13.1. The lowest BCUT2D eigenvalue weighted by molar-refractivity contribution is -0.115. The molecule has 1 heterocycles. The van der Waals surface area contributed by atoms with Crippen LogP contribution in [0.3, 0.4) is 0 Å². The third-order valence-corrected chi connectivity index (χ3v) is 3.41. The van der Waals surface area contributed by atoms with Gasteiger partial charge in [0.2, 0.25) is 5.91 Å². The van der Waals surface area contributed by atoms with Gasteiger partial charge >= 0.3 is 0 Å². The summed E-state index contributed by atoms with van der Waals surface area (Å²) in [5.74, 6) is 0.306. The number of nitrogens with zero attached hydrogens (tertiary/aromatic N) is 1. The van der Waals surface area contributed by atoms with Crippen LogP contribution in [-0.4, -0.2) is 15.9 Å². The van der Waals surface area contributed by atoms with Crippen LogP contribution in [0.15, 0.2) is 54.7 Å². The second kappa shape index (κ2) is 6.44. The summed E-state index contributed by atoms with van der Waals surface area (Å²) < 4.78 is 13.1. The highest BCUT2D eigenvalue weighted by Gasteiger charge is 2.07. The average molecular weight is 309 g/mol. The molecule has 0 spiro atoms. The van der Waals surface area contributed by atoms with Crippen LogP contribution >= 0.6 is 0 Å². The molecular formula is C18H16FN3O. The molecule has 0 saturated heterocycles. The van der Waals surface area contributed by atoms with Crippen molar-refractivity contribution in [1.29, 1.82) is 0 Å². The Morgan fingerprint density at radius 2 is 2.04 bits per heavy atom. The molecule has 2 aromatic carbocycles. The number of amides is 1. The van der Waals surface area contributed by atoms with Gasteiger partial charge in [0.15, 0.2) is 0 Å². The number of nitrogens with one attached hydrogen (secondary N) is 2. The summed E-state index contributed by atoms with van der Waals surface area (Å²) in [5.41, 5.74) is 3.16. The predicted molar refractivity (Wildman–Crippen MR) is 87.5 cm³/mol. The molecule has 116 valence electrons. The number of halogens is 1. The van der Waals surface area contributed by atoms with Gasteiger partial charge in [-0.05, 0) is 36.8 Å². The molecule has 3 rings (SSSR count). The van der Waals surface area contributed by atoms with E-state index in [0.29, 0.717) is 11.3 Å². The molecule has 3 aromatic rings. The normalized spacial score (nSPS) is 10.5. The van der Waals surface area contributed by atoms with E-state index in [1.54, 1.807) is 18.3 Å². The topological polar surface area (TPSA) is 57.8 Å². The largest absolute Gasteiger partial charge is 0.342 e. The molecule has 5 heteroatoms. The number of benzene rings is 2. The zero-order valence-corrected chi connectivity index (χ0v) is 12.6. The Labute approximate surface area is 133 Å². The fraction of sp³-hybridized carbons (Fsp3) is 0.111. The van der Waals surface area contributed by atoms with Crippen LogP contribution in [0.1, 0.15) is 11.4 Å². The number of carbonyl (C=O) groups excluding carboxylic acids is 1. The molecule has 0 fully saturated rings. The highest BCUT2D eigenvalue weighted by molar-refractivity contribution is 5.92. The first kappa shape index (κ1) is 15.0. The molecule has 0 atom stereocenters. The number of anilines is 1. The zero-order valence-electron chi connectivity index (χ0n) is 12.6. The SMILES string of the molecule is Cc1ncc(-c2cccc(NC(=O)Cc3cccc(F)c3)c2)[nH]1. The van der Waals surface area contributed by atoms with Crippen molar-refractivity contribution in [3.05, 3.63) is 71.9 Å². The molecule has 0 radical (unpaired) electrons. The Morgan fingerprint density at radius 3 is 2.78 bits per heavy atom. The Morgan fingerprint density at radius 1 is 1.22 bits per heavy atom. The Kier molecular flexibility index (Phi) is 4.19. The summed E-state index contributed by atoms with van der Waals surface area (Å²) in [6.07, 6.45) is 1.88. The highest BCUT2D eigenvalue weighted by atomic mass is 19.1. The van der Waals surface area contributed by atoms with Crippen LogP contribution in [0, 0.1) is 12.7 Å². The first-order valence-corrected chi connectivity index (χ1v) is 7.26. The minimum absolute atomic E-state index is 0.130. The lowest BCUT2D eigenvalue weighted by Gasteiger charge is -2.07. The molecule has 0 aliphatic carbocycles. The van der Waals surface area contributed by atoms with Crippen LogP contribution in [0.25, 0.3) is 11.3 Å². The molecule has 0 aliphatic heterocycles. The molecule has 0 saturated carbocycles. The number of hydrogen-bond donors (Lipinski definition) is 2. The van der Waals surface area contributed by atoms with E-state index in [1.807, 2.05) is 31.2 Å². The van der Waals surface area contributed by atoms with Crippen LogP contribution in [0.5, 0.6) is 0 Å². The average Bonchev–Trinajstić information content (AvgIpc) is 2.94. The van der Waals surface area contributed by atoms with Crippen molar-refractivity contribution in [3.63, 3.8) is 0 Å². The van der Waals surface area contributed by atoms with Crippen LogP contribution in [0.4, 0.5) is 10.1 Å². The molecule has 1 aromatic heterocycles. The quantitative estimate of drug-likeness (QED) is 0.772. The van der Waals surface area contributed by atoms with Crippen molar-refractivity contribution >= 4 is 11.6 Å². The Balaban J connectivity index is 1.71. The van der Waals surface area contributed by atoms with E-state index in [2.05, 4.69) is 15.3 Å². The molecule has 0 aliphatic rings. The molecule has 23 heavy (non-hydrogen) atoms. The van der Waals surface area contributed by atoms with Crippen molar-refractivity contribution in [2.75, 3.05) is 5.32 Å². The fourth-order valence-corrected chi connectivity index (χ4v) is 2.37. The van der Waals surface area contributed by atoms with Crippen molar-refractivity contribution in [2.24, 2.45) is 0 Å². The lowest BCUT2D eigenvalue weighted by Crippen LogP contribution is -2.14. The van der Waals surface area contributed by atoms with E-state index in [9.17, 15) is 9.18 Å². The van der Waals surface area contributed by atoms with Crippen molar-refractivity contribution in [1.82, 2.24) is 9.97 Å². The van der Waals surface area contributed by atoms with E-state index in [0.717, 1.165) is 17.1 Å². The summed E-state index contributed by atoms with van der Waals surface area (Å²) in [6.45, 7) is 1.88. The number of hydrogen-bond acceptors (Lipinski definition) is 2. The number of aromatic nitrogens is 2. The molecule has 2 N–H and O–H groups in total. The molecule has 1 amide bonds. The van der Waals surface area contributed by atoms with Gasteiger partial charge in [0, 0.05) is 11.3 Å². The Bertz CT molecular complexity index is 842. The number of carbonyl (C=O) groups is 1. The van der Waals surface area contributed by atoms with Gasteiger partial charge in [0.05, 0.1) is 18.3 Å². The van der Waals surface area contributed by atoms with Gasteiger partial charge in [0.1, 0.15) is 11.6 Å². The summed E-state index contributed by atoms with van der Waals surface area (Å²) in [5, 5.41) is 2.83. The van der Waals surface area contributed by atoms with Gasteiger partial charge < -0.3 is 10.3 Å². The summed E-state index contributed by atoms with van der Waals surface area (Å²) >= 11 is 0. The fourth-order valence-electron chi connectivity index (χ4n) is 2.37. The van der Waals surface area contributed by atoms with Gasteiger partial charge in [-0.25, -0.2) is 9.37 Å². The zero-order chi connectivity index (χ0) is 16.2. The highest BCUT2D eigenvalue weighted by Crippen LogP contribution is 2.21. The van der Waals surface area contributed by atoms with Crippen molar-refractivity contribution < 1.29 is 9.18 Å². The molecule has 0 unspecified atom stereocenters. The van der Waals surface area contributed by atoms with E-state index < -0.39 is 0 Å². The first-order chi connectivity index (χ1) is 11.1. The number of rotatable bonds is 4. The second-order valence-electron chi connectivity index (χ2n) is 5.32. The van der Waals surface area contributed by atoms with Crippen LogP contribution < -0.4 is 5.32 Å². The monoisotopic (exact) mass is 309 g/mol. The lowest BCUT2D eigenvalue weighted by atomic mass is 10.1. The van der Waals surface area contributed by atoms with Gasteiger partial charge in [-0.3, -0.25) is 4.79 Å². The third kappa shape index (κ3) is 3.83. The maximum absolute atomic E-state index is 13.1. The standard InChI is InChI=1S/C18H16FN3O/c1-12-20-11-17(21-12)14-5-3-7-16(10-14)22-18(23)9-13-4-2-6-15(19)8-13/h2-8,10-11H,9H2,1H3,(H,20,21)(H,22,23).